The van der Waals surface area contributed by atoms with Crippen LogP contribution in [0.1, 0.15) is 30.6 Å². The van der Waals surface area contributed by atoms with Gasteiger partial charge in [-0.1, -0.05) is 37.3 Å². The molecule has 0 fully saturated rings. The summed E-state index contributed by atoms with van der Waals surface area (Å²) >= 11 is 0. The first-order valence-electron chi connectivity index (χ1n) is 10.7. The summed E-state index contributed by atoms with van der Waals surface area (Å²) in [4.78, 5) is 12.9. The second-order valence-corrected chi connectivity index (χ2v) is 9.13. The number of nitrogens with one attached hydrogen (secondary N) is 2. The number of carbonyl (C=O) groups excluding carboxylic acids is 1. The number of amides is 1. The van der Waals surface area contributed by atoms with Gasteiger partial charge in [-0.25, -0.2) is 13.1 Å². The van der Waals surface area contributed by atoms with Crippen LogP contribution < -0.4 is 19.5 Å². The maximum Gasteiger partial charge on any atom is 0.259 e. The summed E-state index contributed by atoms with van der Waals surface area (Å²) in [6.45, 7) is 4.32. The molecule has 0 radical (unpaired) electrons. The first-order chi connectivity index (χ1) is 15.9. The zero-order chi connectivity index (χ0) is 23.7. The predicted octanol–water partition coefficient (Wildman–Crippen LogP) is 4.47. The molecule has 1 atom stereocenters. The van der Waals surface area contributed by atoms with Gasteiger partial charge in [-0.05, 0) is 61.9 Å². The Morgan fingerprint density at radius 1 is 0.879 bits per heavy atom. The van der Waals surface area contributed by atoms with Crippen LogP contribution in [0.4, 0.5) is 5.69 Å². The fourth-order valence-electron chi connectivity index (χ4n) is 2.94. The third-order valence-corrected chi connectivity index (χ3v) is 6.48. The quantitative estimate of drug-likeness (QED) is 0.405. The van der Waals surface area contributed by atoms with Crippen molar-refractivity contribution < 1.29 is 22.7 Å². The van der Waals surface area contributed by atoms with Gasteiger partial charge in [-0.15, -0.1) is 0 Å². The lowest BCUT2D eigenvalue weighted by Gasteiger charge is -2.14. The maximum absolute atomic E-state index is 12.8. The minimum absolute atomic E-state index is 0.142. The molecule has 3 aromatic carbocycles. The highest BCUT2D eigenvalue weighted by Crippen LogP contribution is 2.21. The molecule has 0 saturated heterocycles. The fraction of sp³-hybridized carbons (Fsp3) is 0.240. The summed E-state index contributed by atoms with van der Waals surface area (Å²) in [5.41, 5.74) is 0.844. The molecule has 7 nitrogen and oxygen atoms in total. The molecular formula is C25H28N2O5S. The minimum atomic E-state index is -3.60. The Bertz CT molecular complexity index is 1150. The van der Waals surface area contributed by atoms with E-state index in [0.717, 1.165) is 5.75 Å². The fourth-order valence-corrected chi connectivity index (χ4v) is 4.27. The molecule has 8 heteroatoms. The van der Waals surface area contributed by atoms with Gasteiger partial charge in [0.1, 0.15) is 24.7 Å². The van der Waals surface area contributed by atoms with E-state index < -0.39 is 10.0 Å². The lowest BCUT2D eigenvalue weighted by molar-refractivity contribution is 0.102. The number of rotatable bonds is 11. The van der Waals surface area contributed by atoms with E-state index in [1.165, 1.54) is 12.1 Å². The molecule has 3 rings (SSSR count). The van der Waals surface area contributed by atoms with Gasteiger partial charge in [0.05, 0.1) is 10.5 Å². The topological polar surface area (TPSA) is 93.7 Å². The Kier molecular flexibility index (Phi) is 8.46. The number of anilines is 1. The third kappa shape index (κ3) is 7.06. The van der Waals surface area contributed by atoms with E-state index in [9.17, 15) is 13.2 Å². The highest BCUT2D eigenvalue weighted by atomic mass is 32.2. The van der Waals surface area contributed by atoms with E-state index in [1.807, 2.05) is 37.3 Å². The minimum Gasteiger partial charge on any atom is -0.490 e. The summed E-state index contributed by atoms with van der Waals surface area (Å²) < 4.78 is 38.8. The van der Waals surface area contributed by atoms with Gasteiger partial charge in [0.2, 0.25) is 10.0 Å². The summed E-state index contributed by atoms with van der Waals surface area (Å²) in [7, 11) is -3.60. The second-order valence-electron chi connectivity index (χ2n) is 7.42. The molecule has 3 aromatic rings. The lowest BCUT2D eigenvalue weighted by Crippen LogP contribution is -2.31. The van der Waals surface area contributed by atoms with Gasteiger partial charge in [0.25, 0.3) is 5.91 Å². The first kappa shape index (κ1) is 24.3. The molecule has 174 valence electrons. The van der Waals surface area contributed by atoms with Crippen molar-refractivity contribution >= 4 is 21.6 Å². The number of benzene rings is 3. The molecule has 0 aliphatic carbocycles. The van der Waals surface area contributed by atoms with Crippen LogP contribution in [0, 0.1) is 0 Å². The van der Waals surface area contributed by atoms with Gasteiger partial charge in [0, 0.05) is 11.7 Å². The van der Waals surface area contributed by atoms with E-state index >= 15 is 0 Å². The molecule has 0 spiro atoms. The summed E-state index contributed by atoms with van der Waals surface area (Å²) in [5.74, 6) is 0.823. The number of para-hydroxylation sites is 2. The van der Waals surface area contributed by atoms with E-state index in [0.29, 0.717) is 30.0 Å². The van der Waals surface area contributed by atoms with Crippen molar-refractivity contribution in [3.63, 3.8) is 0 Å². The number of carbonyl (C=O) groups is 1. The molecule has 2 N–H and O–H groups in total. The first-order valence-corrected chi connectivity index (χ1v) is 12.2. The number of ether oxygens (including phenoxy) is 2. The summed E-state index contributed by atoms with van der Waals surface area (Å²) in [5, 5.41) is 2.78. The summed E-state index contributed by atoms with van der Waals surface area (Å²) in [6, 6.07) is 22.2. The smallest absolute Gasteiger partial charge is 0.259 e. The average molecular weight is 469 g/mol. The van der Waals surface area contributed by atoms with E-state index in [4.69, 9.17) is 9.47 Å². The van der Waals surface area contributed by atoms with Crippen LogP contribution in [0.5, 0.6) is 11.5 Å². The van der Waals surface area contributed by atoms with Crippen molar-refractivity contribution in [2.24, 2.45) is 0 Å². The van der Waals surface area contributed by atoms with Gasteiger partial charge in [-0.2, -0.15) is 0 Å². The standard InChI is InChI=1S/C25H28N2O5S/c1-3-19(2)27-33(29,30)22-15-13-20(14-16-22)26-25(28)23-11-7-8-12-24(23)32-18-17-31-21-9-5-4-6-10-21/h4-16,19,27H,3,17-18H2,1-2H3,(H,26,28). The van der Waals surface area contributed by atoms with Crippen LogP contribution >= 0.6 is 0 Å². The largest absolute Gasteiger partial charge is 0.490 e. The highest BCUT2D eigenvalue weighted by molar-refractivity contribution is 7.89. The van der Waals surface area contributed by atoms with Crippen molar-refractivity contribution in [3.8, 4) is 11.5 Å². The van der Waals surface area contributed by atoms with E-state index in [2.05, 4.69) is 10.0 Å². The number of hydrogen-bond acceptors (Lipinski definition) is 5. The van der Waals surface area contributed by atoms with Crippen LogP contribution in [0.15, 0.2) is 83.8 Å². The van der Waals surface area contributed by atoms with E-state index in [-0.39, 0.29) is 23.5 Å². The van der Waals surface area contributed by atoms with Crippen LogP contribution in [0.2, 0.25) is 0 Å². The Morgan fingerprint density at radius 2 is 1.52 bits per heavy atom. The number of sulfonamides is 1. The Morgan fingerprint density at radius 3 is 2.21 bits per heavy atom. The molecule has 0 aliphatic rings. The zero-order valence-electron chi connectivity index (χ0n) is 18.7. The normalized spacial score (nSPS) is 12.1. The molecule has 0 aliphatic heterocycles. The molecular weight excluding hydrogens is 440 g/mol. The SMILES string of the molecule is CCC(C)NS(=O)(=O)c1ccc(NC(=O)c2ccccc2OCCOc2ccccc2)cc1. The van der Waals surface area contributed by atoms with Crippen LogP contribution in [-0.4, -0.2) is 33.6 Å². The maximum atomic E-state index is 12.8. The van der Waals surface area contributed by atoms with Crippen molar-refractivity contribution in [2.75, 3.05) is 18.5 Å². The molecule has 0 saturated carbocycles. The highest BCUT2D eigenvalue weighted by Gasteiger charge is 2.17. The number of hydrogen-bond donors (Lipinski definition) is 2. The van der Waals surface area contributed by atoms with Crippen LogP contribution in [-0.2, 0) is 10.0 Å². The monoisotopic (exact) mass is 468 g/mol. The van der Waals surface area contributed by atoms with Gasteiger partial charge >= 0.3 is 0 Å². The molecule has 1 amide bonds. The Labute approximate surface area is 194 Å². The molecule has 0 heterocycles. The lowest BCUT2D eigenvalue weighted by atomic mass is 10.2. The Hall–Kier alpha value is -3.36. The van der Waals surface area contributed by atoms with Crippen molar-refractivity contribution in [3.05, 3.63) is 84.4 Å². The third-order valence-electron chi connectivity index (χ3n) is 4.88. The molecule has 33 heavy (non-hydrogen) atoms. The van der Waals surface area contributed by atoms with Crippen molar-refractivity contribution in [2.45, 2.75) is 31.2 Å². The van der Waals surface area contributed by atoms with Crippen LogP contribution in [0.3, 0.4) is 0 Å². The zero-order valence-corrected chi connectivity index (χ0v) is 19.5. The summed E-state index contributed by atoms with van der Waals surface area (Å²) in [6.07, 6.45) is 0.688. The van der Waals surface area contributed by atoms with Gasteiger partial charge < -0.3 is 14.8 Å². The van der Waals surface area contributed by atoms with Crippen molar-refractivity contribution in [1.29, 1.82) is 0 Å². The van der Waals surface area contributed by atoms with Gasteiger partial charge in [-0.3, -0.25) is 4.79 Å². The van der Waals surface area contributed by atoms with Crippen molar-refractivity contribution in [1.82, 2.24) is 4.72 Å². The Balaban J connectivity index is 1.60. The molecule has 0 bridgehead atoms. The van der Waals surface area contributed by atoms with Gasteiger partial charge in [0.15, 0.2) is 0 Å². The van der Waals surface area contributed by atoms with E-state index in [1.54, 1.807) is 43.3 Å². The molecule has 0 aromatic heterocycles. The predicted molar refractivity (Wildman–Crippen MR) is 128 cm³/mol. The molecule has 1 unspecified atom stereocenters. The van der Waals surface area contributed by atoms with Crippen LogP contribution in [0.25, 0.3) is 0 Å². The average Bonchev–Trinajstić information content (AvgIpc) is 2.82. The second kappa shape index (κ2) is 11.5.